The van der Waals surface area contributed by atoms with Gasteiger partial charge in [-0.25, -0.2) is 4.98 Å². The van der Waals surface area contributed by atoms with Gasteiger partial charge in [0, 0.05) is 20.1 Å². The highest BCUT2D eigenvalue weighted by Crippen LogP contribution is 2.37. The fourth-order valence-corrected chi connectivity index (χ4v) is 4.15. The first-order valence-electron chi connectivity index (χ1n) is 7.22. The second-order valence-corrected chi connectivity index (χ2v) is 6.70. The molecule has 5 nitrogen and oxygen atoms in total. The van der Waals surface area contributed by atoms with E-state index in [1.54, 1.807) is 11.3 Å². The molecule has 1 amide bonds. The molecule has 3 rings (SSSR count). The molecule has 1 aromatic heterocycles. The first kappa shape index (κ1) is 14.0. The van der Waals surface area contributed by atoms with Crippen molar-refractivity contribution >= 4 is 17.2 Å². The monoisotopic (exact) mass is 295 g/mol. The standard InChI is InChI=1S/C14H21N3O2S/c1-9-16-10-4-3-5-11(13(10)20-9)17(2)14(18)12-8-15-6-7-19-12/h11-12,15H,3-8H2,1-2H3. The number of aryl methyl sites for hydroxylation is 2. The molecule has 1 aromatic rings. The van der Waals surface area contributed by atoms with Gasteiger partial charge in [-0.3, -0.25) is 4.79 Å². The van der Waals surface area contributed by atoms with E-state index in [1.807, 2.05) is 18.9 Å². The van der Waals surface area contributed by atoms with Crippen molar-refractivity contribution in [1.29, 1.82) is 0 Å². The number of hydrogen-bond acceptors (Lipinski definition) is 5. The number of likely N-dealkylation sites (N-methyl/N-ethyl adjacent to an activating group) is 1. The van der Waals surface area contributed by atoms with Crippen molar-refractivity contribution in [1.82, 2.24) is 15.2 Å². The lowest BCUT2D eigenvalue weighted by Crippen LogP contribution is -2.49. The van der Waals surface area contributed by atoms with Gasteiger partial charge in [0.2, 0.25) is 0 Å². The lowest BCUT2D eigenvalue weighted by molar-refractivity contribution is -0.146. The maximum absolute atomic E-state index is 12.6. The Morgan fingerprint density at radius 3 is 3.15 bits per heavy atom. The van der Waals surface area contributed by atoms with Crippen LogP contribution < -0.4 is 5.32 Å². The number of ether oxygens (including phenoxy) is 1. The minimum absolute atomic E-state index is 0.0844. The Bertz CT molecular complexity index is 497. The van der Waals surface area contributed by atoms with Gasteiger partial charge in [0.05, 0.1) is 28.2 Å². The number of carbonyl (C=O) groups is 1. The lowest BCUT2D eigenvalue weighted by atomic mass is 9.96. The molecule has 0 spiro atoms. The molecule has 0 aromatic carbocycles. The van der Waals surface area contributed by atoms with Crippen molar-refractivity contribution in [2.24, 2.45) is 0 Å². The Balaban J connectivity index is 1.77. The summed E-state index contributed by atoms with van der Waals surface area (Å²) in [5.74, 6) is 0.0844. The minimum Gasteiger partial charge on any atom is -0.366 e. The number of amides is 1. The number of morpholine rings is 1. The Kier molecular flexibility index (Phi) is 4.05. The summed E-state index contributed by atoms with van der Waals surface area (Å²) in [7, 11) is 1.90. The fraction of sp³-hybridized carbons (Fsp3) is 0.714. The van der Waals surface area contributed by atoms with E-state index in [4.69, 9.17) is 4.74 Å². The van der Waals surface area contributed by atoms with Crippen LogP contribution >= 0.6 is 11.3 Å². The summed E-state index contributed by atoms with van der Waals surface area (Å²) in [6.07, 6.45) is 2.83. The SMILES string of the molecule is Cc1nc2c(s1)C(N(C)C(=O)C1CNCCO1)CCC2. The quantitative estimate of drug-likeness (QED) is 0.893. The summed E-state index contributed by atoms with van der Waals surface area (Å²) in [4.78, 5) is 20.3. The number of fused-ring (bicyclic) bond motifs is 1. The molecule has 1 aliphatic carbocycles. The Labute approximate surface area is 123 Å². The van der Waals surface area contributed by atoms with E-state index in [0.717, 1.165) is 30.8 Å². The van der Waals surface area contributed by atoms with Crippen molar-refractivity contribution in [3.8, 4) is 0 Å². The molecule has 1 N–H and O–H groups in total. The molecule has 2 atom stereocenters. The average Bonchev–Trinajstić information content (AvgIpc) is 2.86. The molecule has 6 heteroatoms. The molecular weight excluding hydrogens is 274 g/mol. The number of nitrogens with zero attached hydrogens (tertiary/aromatic N) is 2. The van der Waals surface area contributed by atoms with E-state index in [9.17, 15) is 4.79 Å². The fourth-order valence-electron chi connectivity index (χ4n) is 2.99. The van der Waals surface area contributed by atoms with E-state index < -0.39 is 0 Å². The average molecular weight is 295 g/mol. The van der Waals surface area contributed by atoms with Gasteiger partial charge >= 0.3 is 0 Å². The highest BCUT2D eigenvalue weighted by molar-refractivity contribution is 7.11. The van der Waals surface area contributed by atoms with E-state index in [-0.39, 0.29) is 18.1 Å². The van der Waals surface area contributed by atoms with Crippen molar-refractivity contribution < 1.29 is 9.53 Å². The van der Waals surface area contributed by atoms with Gasteiger partial charge in [-0.05, 0) is 26.2 Å². The molecule has 0 bridgehead atoms. The van der Waals surface area contributed by atoms with E-state index >= 15 is 0 Å². The Morgan fingerprint density at radius 2 is 2.40 bits per heavy atom. The Morgan fingerprint density at radius 1 is 1.55 bits per heavy atom. The zero-order chi connectivity index (χ0) is 14.1. The van der Waals surface area contributed by atoms with E-state index in [2.05, 4.69) is 10.3 Å². The van der Waals surface area contributed by atoms with Gasteiger partial charge in [0.1, 0.15) is 6.10 Å². The van der Waals surface area contributed by atoms with Crippen LogP contribution in [0.1, 0.15) is 34.5 Å². The van der Waals surface area contributed by atoms with Gasteiger partial charge < -0.3 is 15.0 Å². The first-order chi connectivity index (χ1) is 9.66. The summed E-state index contributed by atoms with van der Waals surface area (Å²) >= 11 is 1.73. The predicted molar refractivity (Wildman–Crippen MR) is 77.9 cm³/mol. The van der Waals surface area contributed by atoms with Gasteiger partial charge in [0.25, 0.3) is 5.91 Å². The van der Waals surface area contributed by atoms with Crippen LogP contribution in [0.15, 0.2) is 0 Å². The number of aromatic nitrogens is 1. The normalized spacial score (nSPS) is 26.1. The third kappa shape index (κ3) is 2.60. The van der Waals surface area contributed by atoms with Crippen LogP contribution in [0.5, 0.6) is 0 Å². The van der Waals surface area contributed by atoms with Crippen LogP contribution in [-0.4, -0.2) is 48.6 Å². The molecule has 0 radical (unpaired) electrons. The molecule has 110 valence electrons. The first-order valence-corrected chi connectivity index (χ1v) is 8.03. The largest absolute Gasteiger partial charge is 0.366 e. The summed E-state index contributed by atoms with van der Waals surface area (Å²) < 4.78 is 5.58. The molecule has 2 aliphatic rings. The second-order valence-electron chi connectivity index (χ2n) is 5.46. The molecule has 0 saturated carbocycles. The zero-order valence-electron chi connectivity index (χ0n) is 12.0. The van der Waals surface area contributed by atoms with Crippen LogP contribution in [-0.2, 0) is 16.0 Å². The lowest BCUT2D eigenvalue weighted by Gasteiger charge is -2.34. The molecule has 2 heterocycles. The van der Waals surface area contributed by atoms with Gasteiger partial charge in [-0.1, -0.05) is 0 Å². The highest BCUT2D eigenvalue weighted by Gasteiger charge is 2.33. The summed E-state index contributed by atoms with van der Waals surface area (Å²) in [6, 6.07) is 0.169. The van der Waals surface area contributed by atoms with Crippen LogP contribution in [0.25, 0.3) is 0 Å². The number of thiazole rings is 1. The highest BCUT2D eigenvalue weighted by atomic mass is 32.1. The topological polar surface area (TPSA) is 54.5 Å². The number of carbonyl (C=O) groups excluding carboxylic acids is 1. The van der Waals surface area contributed by atoms with Crippen LogP contribution in [0.4, 0.5) is 0 Å². The molecule has 20 heavy (non-hydrogen) atoms. The molecule has 1 saturated heterocycles. The number of nitrogens with one attached hydrogen (secondary N) is 1. The predicted octanol–water partition coefficient (Wildman–Crippen LogP) is 1.28. The second kappa shape index (κ2) is 5.79. The van der Waals surface area contributed by atoms with Gasteiger partial charge in [0.15, 0.2) is 0 Å². The van der Waals surface area contributed by atoms with Crippen LogP contribution in [0.3, 0.4) is 0 Å². The van der Waals surface area contributed by atoms with E-state index in [1.165, 1.54) is 10.6 Å². The Hall–Kier alpha value is -0.980. The van der Waals surface area contributed by atoms with Crippen molar-refractivity contribution in [3.63, 3.8) is 0 Å². The zero-order valence-corrected chi connectivity index (χ0v) is 12.8. The molecule has 1 aliphatic heterocycles. The van der Waals surface area contributed by atoms with Crippen molar-refractivity contribution in [2.45, 2.75) is 38.3 Å². The van der Waals surface area contributed by atoms with Crippen molar-refractivity contribution in [3.05, 3.63) is 15.6 Å². The number of rotatable bonds is 2. The smallest absolute Gasteiger partial charge is 0.253 e. The third-order valence-electron chi connectivity index (χ3n) is 4.05. The van der Waals surface area contributed by atoms with Gasteiger partial charge in [-0.15, -0.1) is 11.3 Å². The molecular formula is C14H21N3O2S. The van der Waals surface area contributed by atoms with Crippen molar-refractivity contribution in [2.75, 3.05) is 26.7 Å². The maximum Gasteiger partial charge on any atom is 0.253 e. The minimum atomic E-state index is -0.340. The third-order valence-corrected chi connectivity index (χ3v) is 5.16. The maximum atomic E-state index is 12.6. The summed E-state index contributed by atoms with van der Waals surface area (Å²) in [6.45, 7) is 4.09. The number of hydrogen-bond donors (Lipinski definition) is 1. The molecule has 1 fully saturated rings. The molecule has 2 unspecified atom stereocenters. The summed E-state index contributed by atoms with van der Waals surface area (Å²) in [5, 5.41) is 4.31. The van der Waals surface area contributed by atoms with E-state index in [0.29, 0.717) is 13.2 Å². The van der Waals surface area contributed by atoms with Crippen LogP contribution in [0, 0.1) is 6.92 Å². The van der Waals surface area contributed by atoms with Gasteiger partial charge in [-0.2, -0.15) is 0 Å². The van der Waals surface area contributed by atoms with Crippen LogP contribution in [0.2, 0.25) is 0 Å². The summed E-state index contributed by atoms with van der Waals surface area (Å²) in [5.41, 5.74) is 1.19.